The summed E-state index contributed by atoms with van der Waals surface area (Å²) in [5, 5.41) is 3.18. The molecular weight excluding hydrogens is 260 g/mol. The van der Waals surface area contributed by atoms with Gasteiger partial charge in [-0.05, 0) is 24.1 Å². The highest BCUT2D eigenvalue weighted by atomic mass is 19.4. The van der Waals surface area contributed by atoms with Crippen LogP contribution in [0.25, 0.3) is 0 Å². The minimum Gasteiger partial charge on any atom is -0.314 e. The molecule has 1 N–H and O–H groups in total. The van der Waals surface area contributed by atoms with Crippen LogP contribution in [0.15, 0.2) is 18.2 Å². The van der Waals surface area contributed by atoms with Gasteiger partial charge in [-0.25, -0.2) is 4.39 Å². The van der Waals surface area contributed by atoms with Crippen molar-refractivity contribution in [1.29, 1.82) is 0 Å². The lowest BCUT2D eigenvalue weighted by Crippen LogP contribution is -2.44. The number of hydrogen-bond acceptors (Lipinski definition) is 2. The molecule has 0 bridgehead atoms. The maximum atomic E-state index is 13.0. The maximum absolute atomic E-state index is 13.0. The Labute approximate surface area is 109 Å². The smallest absolute Gasteiger partial charge is 0.314 e. The fourth-order valence-electron chi connectivity index (χ4n) is 2.24. The molecule has 1 aliphatic rings. The number of benzene rings is 1. The quantitative estimate of drug-likeness (QED) is 0.852. The fraction of sp³-hybridized carbons (Fsp3) is 0.538. The van der Waals surface area contributed by atoms with Gasteiger partial charge < -0.3 is 10.2 Å². The van der Waals surface area contributed by atoms with E-state index in [1.54, 1.807) is 0 Å². The van der Waals surface area contributed by atoms with Gasteiger partial charge in [0.05, 0.1) is 5.56 Å². The van der Waals surface area contributed by atoms with Gasteiger partial charge in [-0.2, -0.15) is 13.2 Å². The zero-order chi connectivity index (χ0) is 13.9. The van der Waals surface area contributed by atoms with E-state index in [-0.39, 0.29) is 12.0 Å². The molecule has 0 aliphatic carbocycles. The largest absolute Gasteiger partial charge is 0.416 e. The van der Waals surface area contributed by atoms with Gasteiger partial charge in [0.2, 0.25) is 0 Å². The summed E-state index contributed by atoms with van der Waals surface area (Å²) >= 11 is 0. The first-order valence-electron chi connectivity index (χ1n) is 6.25. The zero-order valence-electron chi connectivity index (χ0n) is 10.4. The summed E-state index contributed by atoms with van der Waals surface area (Å²) in [7, 11) is 0. The molecule has 19 heavy (non-hydrogen) atoms. The highest BCUT2D eigenvalue weighted by Crippen LogP contribution is 2.32. The normalized spacial score (nSPS) is 17.7. The molecule has 2 nitrogen and oxygen atoms in total. The minimum atomic E-state index is -4.50. The third-order valence-electron chi connectivity index (χ3n) is 3.28. The van der Waals surface area contributed by atoms with E-state index in [1.807, 2.05) is 0 Å². The van der Waals surface area contributed by atoms with Crippen LogP contribution in [0.2, 0.25) is 0 Å². The molecule has 106 valence electrons. The number of rotatable bonds is 3. The Balaban J connectivity index is 2.06. The Morgan fingerprint density at radius 3 is 2.47 bits per heavy atom. The van der Waals surface area contributed by atoms with Gasteiger partial charge in [-0.1, -0.05) is 6.07 Å². The van der Waals surface area contributed by atoms with Crippen molar-refractivity contribution in [1.82, 2.24) is 10.2 Å². The van der Waals surface area contributed by atoms with Crippen LogP contribution in [0.3, 0.4) is 0 Å². The molecule has 0 unspecified atom stereocenters. The summed E-state index contributed by atoms with van der Waals surface area (Å²) in [5.41, 5.74) is -0.699. The number of halogens is 4. The van der Waals surface area contributed by atoms with Crippen LogP contribution in [0.1, 0.15) is 11.1 Å². The lowest BCUT2D eigenvalue weighted by molar-refractivity contribution is -0.138. The number of piperazine rings is 1. The SMILES string of the molecule is Fc1ccc(CCN2CCNCC2)c(C(F)(F)F)c1. The Hall–Kier alpha value is -1.14. The van der Waals surface area contributed by atoms with Crippen molar-refractivity contribution >= 4 is 0 Å². The van der Waals surface area contributed by atoms with Crippen LogP contribution >= 0.6 is 0 Å². The molecule has 1 saturated heterocycles. The molecule has 1 aromatic rings. The lowest BCUT2D eigenvalue weighted by atomic mass is 10.0. The number of nitrogens with one attached hydrogen (secondary N) is 1. The number of nitrogens with zero attached hydrogens (tertiary/aromatic N) is 1. The van der Waals surface area contributed by atoms with E-state index in [9.17, 15) is 17.6 Å². The molecule has 0 radical (unpaired) electrons. The van der Waals surface area contributed by atoms with Crippen LogP contribution in [0.4, 0.5) is 17.6 Å². The Morgan fingerprint density at radius 1 is 1.16 bits per heavy atom. The van der Waals surface area contributed by atoms with Crippen molar-refractivity contribution in [2.45, 2.75) is 12.6 Å². The van der Waals surface area contributed by atoms with Gasteiger partial charge in [0, 0.05) is 32.7 Å². The molecule has 1 aromatic carbocycles. The average Bonchev–Trinajstić information content (AvgIpc) is 2.37. The molecule has 1 aliphatic heterocycles. The molecule has 1 fully saturated rings. The lowest BCUT2D eigenvalue weighted by Gasteiger charge is -2.27. The average molecular weight is 276 g/mol. The van der Waals surface area contributed by atoms with Crippen molar-refractivity contribution in [3.05, 3.63) is 35.1 Å². The molecule has 1 heterocycles. The third-order valence-corrected chi connectivity index (χ3v) is 3.28. The van der Waals surface area contributed by atoms with Crippen LogP contribution in [-0.4, -0.2) is 37.6 Å². The predicted octanol–water partition coefficient (Wildman–Crippen LogP) is 2.29. The first kappa shape index (κ1) is 14.3. The highest BCUT2D eigenvalue weighted by molar-refractivity contribution is 5.30. The standard InChI is InChI=1S/C13H16F4N2/c14-11-2-1-10(12(9-11)13(15,16)17)3-6-19-7-4-18-5-8-19/h1-2,9,18H,3-8H2. The number of hydrogen-bond donors (Lipinski definition) is 1. The van der Waals surface area contributed by atoms with Gasteiger partial charge in [-0.3, -0.25) is 0 Å². The number of alkyl halides is 3. The van der Waals surface area contributed by atoms with Crippen molar-refractivity contribution < 1.29 is 17.6 Å². The van der Waals surface area contributed by atoms with Crippen molar-refractivity contribution in [3.63, 3.8) is 0 Å². The third kappa shape index (κ3) is 3.91. The van der Waals surface area contributed by atoms with Crippen molar-refractivity contribution in [2.75, 3.05) is 32.7 Å². The Morgan fingerprint density at radius 2 is 1.84 bits per heavy atom. The Kier molecular flexibility index (Phi) is 4.42. The summed E-state index contributed by atoms with van der Waals surface area (Å²) in [6, 6.07) is 2.90. The summed E-state index contributed by atoms with van der Waals surface area (Å²) in [6.07, 6.45) is -4.21. The summed E-state index contributed by atoms with van der Waals surface area (Å²) in [4.78, 5) is 2.11. The molecule has 0 amide bonds. The molecule has 6 heteroatoms. The van der Waals surface area contributed by atoms with Crippen LogP contribution < -0.4 is 5.32 Å². The monoisotopic (exact) mass is 276 g/mol. The van der Waals surface area contributed by atoms with Crippen LogP contribution in [0.5, 0.6) is 0 Å². The van der Waals surface area contributed by atoms with Crippen molar-refractivity contribution in [3.8, 4) is 0 Å². The summed E-state index contributed by atoms with van der Waals surface area (Å²) in [6.45, 7) is 3.95. The second-order valence-corrected chi connectivity index (χ2v) is 4.64. The van der Waals surface area contributed by atoms with Gasteiger partial charge in [0.25, 0.3) is 0 Å². The van der Waals surface area contributed by atoms with Crippen LogP contribution in [0, 0.1) is 5.82 Å². The summed E-state index contributed by atoms with van der Waals surface area (Å²) in [5.74, 6) is -0.849. The minimum absolute atomic E-state index is 0.160. The van der Waals surface area contributed by atoms with E-state index in [1.165, 1.54) is 6.07 Å². The summed E-state index contributed by atoms with van der Waals surface area (Å²) < 4.78 is 51.4. The van der Waals surface area contributed by atoms with E-state index < -0.39 is 17.6 Å². The van der Waals surface area contributed by atoms with Gasteiger partial charge in [-0.15, -0.1) is 0 Å². The van der Waals surface area contributed by atoms with Crippen LogP contribution in [-0.2, 0) is 12.6 Å². The molecule has 0 atom stereocenters. The highest BCUT2D eigenvalue weighted by Gasteiger charge is 2.33. The van der Waals surface area contributed by atoms with Gasteiger partial charge in [0.15, 0.2) is 0 Å². The first-order valence-corrected chi connectivity index (χ1v) is 6.25. The molecule has 0 saturated carbocycles. The Bertz CT molecular complexity index is 425. The van der Waals surface area contributed by atoms with Gasteiger partial charge in [0.1, 0.15) is 5.82 Å². The topological polar surface area (TPSA) is 15.3 Å². The van der Waals surface area contributed by atoms with E-state index in [0.717, 1.165) is 32.2 Å². The second-order valence-electron chi connectivity index (χ2n) is 4.64. The van der Waals surface area contributed by atoms with Gasteiger partial charge >= 0.3 is 6.18 Å². The van der Waals surface area contributed by atoms with E-state index >= 15 is 0 Å². The van der Waals surface area contributed by atoms with E-state index in [2.05, 4.69) is 10.2 Å². The molecule has 0 spiro atoms. The maximum Gasteiger partial charge on any atom is 0.416 e. The van der Waals surface area contributed by atoms with Crippen molar-refractivity contribution in [2.24, 2.45) is 0 Å². The first-order chi connectivity index (χ1) is 8.97. The fourth-order valence-corrected chi connectivity index (χ4v) is 2.24. The molecule has 0 aromatic heterocycles. The second kappa shape index (κ2) is 5.88. The van der Waals surface area contributed by atoms with E-state index in [0.29, 0.717) is 12.6 Å². The predicted molar refractivity (Wildman–Crippen MR) is 64.4 cm³/mol. The molecular formula is C13H16F4N2. The zero-order valence-corrected chi connectivity index (χ0v) is 10.4. The van der Waals surface area contributed by atoms with E-state index in [4.69, 9.17) is 0 Å². The molecule has 2 rings (SSSR count).